The van der Waals surface area contributed by atoms with Crippen molar-refractivity contribution >= 4 is 23.2 Å². The van der Waals surface area contributed by atoms with Crippen molar-refractivity contribution < 1.29 is 4.79 Å². The summed E-state index contributed by atoms with van der Waals surface area (Å²) in [7, 11) is 0. The summed E-state index contributed by atoms with van der Waals surface area (Å²) in [6.45, 7) is 4.31. The van der Waals surface area contributed by atoms with E-state index < -0.39 is 0 Å². The summed E-state index contributed by atoms with van der Waals surface area (Å²) >= 11 is 5.78. The minimum Gasteiger partial charge on any atom is -0.326 e. The van der Waals surface area contributed by atoms with Crippen molar-refractivity contribution in [1.29, 1.82) is 0 Å². The summed E-state index contributed by atoms with van der Waals surface area (Å²) < 4.78 is 0. The molecule has 2 rings (SSSR count). The van der Waals surface area contributed by atoms with Gasteiger partial charge in [-0.3, -0.25) is 4.79 Å². The molecule has 1 saturated carbocycles. The third-order valence-electron chi connectivity index (χ3n) is 3.57. The zero-order chi connectivity index (χ0) is 12.5. The van der Waals surface area contributed by atoms with Crippen molar-refractivity contribution in [2.45, 2.75) is 33.1 Å². The molecule has 1 unspecified atom stereocenters. The Kier molecular flexibility index (Phi) is 3.38. The van der Waals surface area contributed by atoms with Crippen LogP contribution < -0.4 is 5.32 Å². The topological polar surface area (TPSA) is 42.0 Å². The van der Waals surface area contributed by atoms with E-state index in [1.54, 1.807) is 18.3 Å². The Labute approximate surface area is 107 Å². The molecule has 92 valence electrons. The SMILES string of the molecule is CC1(C)CCCC1C(=O)Nc1ccnc(Cl)c1. The molecular weight excluding hydrogens is 236 g/mol. The van der Waals surface area contributed by atoms with Gasteiger partial charge < -0.3 is 5.32 Å². The first-order valence-electron chi connectivity index (χ1n) is 5.91. The third kappa shape index (κ3) is 2.78. The van der Waals surface area contributed by atoms with Gasteiger partial charge in [-0.15, -0.1) is 0 Å². The number of nitrogens with one attached hydrogen (secondary N) is 1. The van der Waals surface area contributed by atoms with Crippen LogP contribution in [0.2, 0.25) is 5.15 Å². The summed E-state index contributed by atoms with van der Waals surface area (Å²) in [5, 5.41) is 3.31. The molecule has 1 N–H and O–H groups in total. The number of pyridine rings is 1. The van der Waals surface area contributed by atoms with Crippen LogP contribution in [0.5, 0.6) is 0 Å². The van der Waals surface area contributed by atoms with Crippen LogP contribution in [0.1, 0.15) is 33.1 Å². The fourth-order valence-electron chi connectivity index (χ4n) is 2.52. The molecule has 3 nitrogen and oxygen atoms in total. The van der Waals surface area contributed by atoms with E-state index in [-0.39, 0.29) is 17.2 Å². The lowest BCUT2D eigenvalue weighted by Crippen LogP contribution is -2.30. The van der Waals surface area contributed by atoms with Gasteiger partial charge in [0.1, 0.15) is 5.15 Å². The molecule has 4 heteroatoms. The molecule has 0 radical (unpaired) electrons. The molecule has 1 aromatic heterocycles. The highest BCUT2D eigenvalue weighted by atomic mass is 35.5. The Morgan fingerprint density at radius 1 is 1.59 bits per heavy atom. The van der Waals surface area contributed by atoms with E-state index in [2.05, 4.69) is 24.1 Å². The minimum atomic E-state index is 0.0921. The van der Waals surface area contributed by atoms with E-state index in [4.69, 9.17) is 11.6 Å². The number of nitrogens with zero attached hydrogens (tertiary/aromatic N) is 1. The third-order valence-corrected chi connectivity index (χ3v) is 3.77. The lowest BCUT2D eigenvalue weighted by Gasteiger charge is -2.25. The second-order valence-electron chi connectivity index (χ2n) is 5.29. The minimum absolute atomic E-state index is 0.0921. The quantitative estimate of drug-likeness (QED) is 0.819. The summed E-state index contributed by atoms with van der Waals surface area (Å²) in [5.41, 5.74) is 0.818. The van der Waals surface area contributed by atoms with E-state index in [0.717, 1.165) is 24.9 Å². The molecular formula is C13H17ClN2O. The predicted molar refractivity (Wildman–Crippen MR) is 69.0 cm³/mol. The number of anilines is 1. The van der Waals surface area contributed by atoms with Crippen LogP contribution in [0, 0.1) is 11.3 Å². The van der Waals surface area contributed by atoms with Crippen LogP contribution in [0.15, 0.2) is 18.3 Å². The maximum atomic E-state index is 12.2. The van der Waals surface area contributed by atoms with Crippen LogP contribution in [0.3, 0.4) is 0 Å². The highest BCUT2D eigenvalue weighted by Gasteiger charge is 2.39. The van der Waals surface area contributed by atoms with E-state index in [1.165, 1.54) is 0 Å². The molecule has 17 heavy (non-hydrogen) atoms. The molecule has 0 aliphatic heterocycles. The Bertz CT molecular complexity index is 431. The zero-order valence-electron chi connectivity index (χ0n) is 10.2. The molecule has 0 bridgehead atoms. The molecule has 1 amide bonds. The standard InChI is InChI=1S/C13H17ClN2O/c1-13(2)6-3-4-10(13)12(17)16-9-5-7-15-11(14)8-9/h5,7-8,10H,3-4,6H2,1-2H3,(H,15,16,17). The summed E-state index contributed by atoms with van der Waals surface area (Å²) in [6, 6.07) is 3.42. The van der Waals surface area contributed by atoms with E-state index in [1.807, 2.05) is 0 Å². The lowest BCUT2D eigenvalue weighted by molar-refractivity contribution is -0.122. The summed E-state index contributed by atoms with van der Waals surface area (Å²) in [4.78, 5) is 16.1. The molecule has 1 aromatic rings. The number of amides is 1. The second-order valence-corrected chi connectivity index (χ2v) is 5.68. The fourth-order valence-corrected chi connectivity index (χ4v) is 2.70. The maximum Gasteiger partial charge on any atom is 0.228 e. The molecule has 0 saturated heterocycles. The molecule has 1 heterocycles. The average Bonchev–Trinajstić information content (AvgIpc) is 2.58. The molecule has 0 spiro atoms. The summed E-state index contributed by atoms with van der Waals surface area (Å²) in [5.74, 6) is 0.184. The summed E-state index contributed by atoms with van der Waals surface area (Å²) in [6.07, 6.45) is 4.81. The first-order valence-corrected chi connectivity index (χ1v) is 6.29. The molecule has 1 fully saturated rings. The molecule has 1 aliphatic rings. The highest BCUT2D eigenvalue weighted by Crippen LogP contribution is 2.43. The van der Waals surface area contributed by atoms with Crippen molar-refractivity contribution in [2.24, 2.45) is 11.3 Å². The Balaban J connectivity index is 2.07. The van der Waals surface area contributed by atoms with Gasteiger partial charge in [0.15, 0.2) is 0 Å². The maximum absolute atomic E-state index is 12.2. The number of halogens is 1. The van der Waals surface area contributed by atoms with Crippen LogP contribution in [-0.2, 0) is 4.79 Å². The Hall–Kier alpha value is -1.09. The first kappa shape index (κ1) is 12.4. The van der Waals surface area contributed by atoms with Gasteiger partial charge in [0.05, 0.1) is 0 Å². The van der Waals surface area contributed by atoms with Crippen molar-refractivity contribution in [1.82, 2.24) is 4.98 Å². The van der Waals surface area contributed by atoms with Gasteiger partial charge >= 0.3 is 0 Å². The van der Waals surface area contributed by atoms with Gasteiger partial charge in [-0.1, -0.05) is 31.9 Å². The van der Waals surface area contributed by atoms with Crippen LogP contribution in [0.4, 0.5) is 5.69 Å². The highest BCUT2D eigenvalue weighted by molar-refractivity contribution is 6.29. The average molecular weight is 253 g/mol. The number of aromatic nitrogens is 1. The van der Waals surface area contributed by atoms with Crippen molar-refractivity contribution in [3.8, 4) is 0 Å². The van der Waals surface area contributed by atoms with Gasteiger partial charge in [0.2, 0.25) is 5.91 Å². The largest absolute Gasteiger partial charge is 0.326 e. The van der Waals surface area contributed by atoms with Gasteiger partial charge in [0, 0.05) is 17.8 Å². The van der Waals surface area contributed by atoms with Crippen LogP contribution in [-0.4, -0.2) is 10.9 Å². The Morgan fingerprint density at radius 3 is 2.94 bits per heavy atom. The normalized spacial score (nSPS) is 22.4. The van der Waals surface area contributed by atoms with Gasteiger partial charge in [-0.05, 0) is 30.4 Å². The first-order chi connectivity index (χ1) is 7.99. The Morgan fingerprint density at radius 2 is 2.35 bits per heavy atom. The number of hydrogen-bond acceptors (Lipinski definition) is 2. The van der Waals surface area contributed by atoms with E-state index in [0.29, 0.717) is 5.15 Å². The number of carbonyl (C=O) groups is 1. The predicted octanol–water partition coefficient (Wildman–Crippen LogP) is 3.50. The zero-order valence-corrected chi connectivity index (χ0v) is 10.9. The molecule has 1 aliphatic carbocycles. The molecule has 1 atom stereocenters. The number of rotatable bonds is 2. The van der Waals surface area contributed by atoms with Crippen molar-refractivity contribution in [2.75, 3.05) is 5.32 Å². The van der Waals surface area contributed by atoms with Crippen LogP contribution >= 0.6 is 11.6 Å². The monoisotopic (exact) mass is 252 g/mol. The van der Waals surface area contributed by atoms with Gasteiger partial charge in [-0.2, -0.15) is 0 Å². The smallest absolute Gasteiger partial charge is 0.228 e. The number of carbonyl (C=O) groups excluding carboxylic acids is 1. The second kappa shape index (κ2) is 4.65. The lowest BCUT2D eigenvalue weighted by atomic mass is 9.81. The van der Waals surface area contributed by atoms with Gasteiger partial charge in [-0.25, -0.2) is 4.98 Å². The van der Waals surface area contributed by atoms with E-state index in [9.17, 15) is 4.79 Å². The number of hydrogen-bond donors (Lipinski definition) is 1. The van der Waals surface area contributed by atoms with E-state index >= 15 is 0 Å². The van der Waals surface area contributed by atoms with Crippen molar-refractivity contribution in [3.63, 3.8) is 0 Å². The van der Waals surface area contributed by atoms with Gasteiger partial charge in [0.25, 0.3) is 0 Å². The van der Waals surface area contributed by atoms with Crippen LogP contribution in [0.25, 0.3) is 0 Å². The van der Waals surface area contributed by atoms with Crippen molar-refractivity contribution in [3.05, 3.63) is 23.5 Å². The molecule has 0 aromatic carbocycles. The fraction of sp³-hybridized carbons (Fsp3) is 0.538.